The van der Waals surface area contributed by atoms with E-state index in [1.165, 1.54) is 0 Å². The molecule has 1 aliphatic heterocycles. The van der Waals surface area contributed by atoms with Crippen molar-refractivity contribution in [2.45, 2.75) is 25.8 Å². The van der Waals surface area contributed by atoms with Gasteiger partial charge in [-0.25, -0.2) is 9.97 Å². The van der Waals surface area contributed by atoms with Crippen molar-refractivity contribution < 1.29 is 9.53 Å². The lowest BCUT2D eigenvalue weighted by Gasteiger charge is -2.27. The average molecular weight is 489 g/mol. The molecular formula is C26H28N6O2S. The minimum Gasteiger partial charge on any atom is -0.377 e. The number of ether oxygens (including phenoxy) is 1. The quantitative estimate of drug-likeness (QED) is 0.407. The number of pyridine rings is 2. The van der Waals surface area contributed by atoms with Gasteiger partial charge < -0.3 is 15.4 Å². The number of aromatic nitrogens is 4. The lowest BCUT2D eigenvalue weighted by molar-refractivity contribution is -0.00343. The first-order valence-corrected chi connectivity index (χ1v) is 11.3. The molecule has 1 atom stereocenters. The van der Waals surface area contributed by atoms with Gasteiger partial charge in [-0.2, -0.15) is 13.5 Å². The van der Waals surface area contributed by atoms with Gasteiger partial charge in [0.15, 0.2) is 0 Å². The number of para-hydroxylation sites is 1. The van der Waals surface area contributed by atoms with Crippen molar-refractivity contribution in [3.63, 3.8) is 0 Å². The van der Waals surface area contributed by atoms with Crippen LogP contribution in [0, 0.1) is 6.92 Å². The molecule has 3 aromatic heterocycles. The number of carbonyl (C=O) groups excluding carboxylic acids is 1. The molecule has 9 heteroatoms. The number of hydrogen-bond donors (Lipinski definition) is 2. The number of nitrogens with one attached hydrogen (secondary N) is 2. The Morgan fingerprint density at radius 3 is 2.71 bits per heavy atom. The third-order valence-corrected chi connectivity index (χ3v) is 6.01. The molecule has 4 aromatic rings. The molecule has 2 N–H and O–H groups in total. The SMILES string of the molecule is Cc1ccc(-c2cc(NC[C@@H](C)c3cccc4c(C(=O)NC5COC5)ccnc34)ncn2)cn1.S. The van der Waals surface area contributed by atoms with Crippen LogP contribution in [0.3, 0.4) is 0 Å². The molecule has 1 aromatic carbocycles. The third kappa shape index (κ3) is 5.41. The van der Waals surface area contributed by atoms with Gasteiger partial charge in [0.05, 0.1) is 36.0 Å². The predicted molar refractivity (Wildman–Crippen MR) is 141 cm³/mol. The number of hydrogen-bond acceptors (Lipinski definition) is 7. The highest BCUT2D eigenvalue weighted by atomic mass is 32.1. The standard InChI is InChI=1S/C26H26N6O2.H2S/c1-16(11-29-24-10-23(30-15-31-24)18-7-6-17(2)28-12-18)20-4-3-5-21-22(8-9-27-25(20)21)26(33)32-19-13-34-14-19;/h3-10,12,15-16,19H,11,13-14H2,1-2H3,(H,32,33)(H,29,30,31);1H2/t16-;/m1./s1. The maximum atomic E-state index is 12.8. The van der Waals surface area contributed by atoms with Gasteiger partial charge in [-0.05, 0) is 30.7 Å². The Morgan fingerprint density at radius 2 is 1.97 bits per heavy atom. The summed E-state index contributed by atoms with van der Waals surface area (Å²) >= 11 is 0. The van der Waals surface area contributed by atoms with Crippen LogP contribution in [0.1, 0.15) is 34.5 Å². The smallest absolute Gasteiger partial charge is 0.252 e. The molecule has 0 spiro atoms. The predicted octanol–water partition coefficient (Wildman–Crippen LogP) is 3.85. The minimum absolute atomic E-state index is 0. The fourth-order valence-corrected chi connectivity index (χ4v) is 3.98. The van der Waals surface area contributed by atoms with E-state index in [1.54, 1.807) is 18.6 Å². The summed E-state index contributed by atoms with van der Waals surface area (Å²) in [4.78, 5) is 30.5. The largest absolute Gasteiger partial charge is 0.377 e. The van der Waals surface area contributed by atoms with E-state index in [1.807, 2.05) is 43.5 Å². The second kappa shape index (κ2) is 10.8. The van der Waals surface area contributed by atoms with E-state index in [9.17, 15) is 4.79 Å². The Labute approximate surface area is 211 Å². The highest BCUT2D eigenvalue weighted by Crippen LogP contribution is 2.27. The fourth-order valence-electron chi connectivity index (χ4n) is 3.98. The number of anilines is 1. The number of fused-ring (bicyclic) bond motifs is 1. The Hall–Kier alpha value is -3.56. The summed E-state index contributed by atoms with van der Waals surface area (Å²) < 4.78 is 5.16. The van der Waals surface area contributed by atoms with Crippen LogP contribution in [0.15, 0.2) is 61.2 Å². The van der Waals surface area contributed by atoms with Crippen molar-refractivity contribution in [2.75, 3.05) is 25.1 Å². The summed E-state index contributed by atoms with van der Waals surface area (Å²) in [6.07, 6.45) is 5.07. The van der Waals surface area contributed by atoms with Gasteiger partial charge >= 0.3 is 0 Å². The van der Waals surface area contributed by atoms with Gasteiger partial charge in [0.1, 0.15) is 12.1 Å². The second-order valence-electron chi connectivity index (χ2n) is 8.57. The first-order valence-electron chi connectivity index (χ1n) is 11.3. The van der Waals surface area contributed by atoms with Crippen LogP contribution in [0.5, 0.6) is 0 Å². The minimum atomic E-state index is -0.0947. The molecule has 0 unspecified atom stereocenters. The number of carbonyl (C=O) groups is 1. The first-order chi connectivity index (χ1) is 16.6. The molecule has 8 nitrogen and oxygen atoms in total. The van der Waals surface area contributed by atoms with E-state index in [2.05, 4.69) is 43.6 Å². The third-order valence-electron chi connectivity index (χ3n) is 6.01. The Balaban J connectivity index is 0.00000289. The second-order valence-corrected chi connectivity index (χ2v) is 8.57. The zero-order valence-electron chi connectivity index (χ0n) is 19.7. The normalized spacial score (nSPS) is 14.0. The van der Waals surface area contributed by atoms with Crippen molar-refractivity contribution in [3.05, 3.63) is 78.0 Å². The number of nitrogens with zero attached hydrogens (tertiary/aromatic N) is 4. The summed E-state index contributed by atoms with van der Waals surface area (Å²) in [5.41, 5.74) is 5.27. The lowest BCUT2D eigenvalue weighted by Crippen LogP contribution is -2.48. The summed E-state index contributed by atoms with van der Waals surface area (Å²) in [6.45, 7) is 5.87. The summed E-state index contributed by atoms with van der Waals surface area (Å²) in [5, 5.41) is 7.28. The first kappa shape index (κ1) is 24.6. The Kier molecular flexibility index (Phi) is 7.57. The van der Waals surface area contributed by atoms with Gasteiger partial charge in [0.2, 0.25) is 0 Å². The molecule has 1 fully saturated rings. The maximum Gasteiger partial charge on any atom is 0.252 e. The van der Waals surface area contributed by atoms with Crippen molar-refractivity contribution in [1.29, 1.82) is 0 Å². The van der Waals surface area contributed by atoms with E-state index < -0.39 is 0 Å². The van der Waals surface area contributed by atoms with E-state index in [0.717, 1.165) is 39.2 Å². The lowest BCUT2D eigenvalue weighted by atomic mass is 9.96. The van der Waals surface area contributed by atoms with Crippen LogP contribution < -0.4 is 10.6 Å². The summed E-state index contributed by atoms with van der Waals surface area (Å²) in [5.74, 6) is 0.783. The van der Waals surface area contributed by atoms with Crippen LogP contribution in [0.2, 0.25) is 0 Å². The number of aryl methyl sites for hydroxylation is 1. The Morgan fingerprint density at radius 1 is 1.11 bits per heavy atom. The van der Waals surface area contributed by atoms with Crippen molar-refractivity contribution in [2.24, 2.45) is 0 Å². The Bertz CT molecular complexity index is 1330. The molecule has 0 radical (unpaired) electrons. The summed E-state index contributed by atoms with van der Waals surface area (Å²) in [6, 6.07) is 13.7. The number of rotatable bonds is 7. The average Bonchev–Trinajstić information content (AvgIpc) is 2.84. The molecule has 5 rings (SSSR count). The molecule has 1 aliphatic rings. The van der Waals surface area contributed by atoms with E-state index in [4.69, 9.17) is 4.74 Å². The highest BCUT2D eigenvalue weighted by molar-refractivity contribution is 7.59. The molecule has 35 heavy (non-hydrogen) atoms. The molecule has 1 amide bonds. The van der Waals surface area contributed by atoms with Crippen molar-refractivity contribution in [1.82, 2.24) is 25.3 Å². The number of amides is 1. The molecule has 4 heterocycles. The maximum absolute atomic E-state index is 12.8. The van der Waals surface area contributed by atoms with Gasteiger partial charge in [0.25, 0.3) is 5.91 Å². The topological polar surface area (TPSA) is 102 Å². The van der Waals surface area contributed by atoms with Crippen LogP contribution in [-0.4, -0.2) is 51.6 Å². The van der Waals surface area contributed by atoms with Crippen LogP contribution in [0.25, 0.3) is 22.2 Å². The van der Waals surface area contributed by atoms with Gasteiger partial charge in [-0.15, -0.1) is 0 Å². The molecule has 0 aliphatic carbocycles. The zero-order valence-corrected chi connectivity index (χ0v) is 20.7. The van der Waals surface area contributed by atoms with Crippen molar-refractivity contribution in [3.8, 4) is 11.3 Å². The van der Waals surface area contributed by atoms with Crippen LogP contribution >= 0.6 is 13.5 Å². The van der Waals surface area contributed by atoms with Crippen molar-refractivity contribution >= 4 is 36.1 Å². The highest BCUT2D eigenvalue weighted by Gasteiger charge is 2.22. The number of benzene rings is 1. The molecular weight excluding hydrogens is 460 g/mol. The zero-order chi connectivity index (χ0) is 23.5. The van der Waals surface area contributed by atoms with Crippen LogP contribution in [0.4, 0.5) is 5.82 Å². The fraction of sp³-hybridized carbons (Fsp3) is 0.269. The van der Waals surface area contributed by atoms with E-state index in [-0.39, 0.29) is 31.4 Å². The summed E-state index contributed by atoms with van der Waals surface area (Å²) in [7, 11) is 0. The molecule has 180 valence electrons. The molecule has 1 saturated heterocycles. The van der Waals surface area contributed by atoms with Gasteiger partial charge in [0, 0.05) is 47.6 Å². The molecule has 0 bridgehead atoms. The monoisotopic (exact) mass is 488 g/mol. The van der Waals surface area contributed by atoms with Gasteiger partial charge in [-0.1, -0.05) is 25.1 Å². The van der Waals surface area contributed by atoms with Crippen LogP contribution in [-0.2, 0) is 4.74 Å². The van der Waals surface area contributed by atoms with E-state index >= 15 is 0 Å². The van der Waals surface area contributed by atoms with E-state index in [0.29, 0.717) is 25.3 Å². The van der Waals surface area contributed by atoms with Gasteiger partial charge in [-0.3, -0.25) is 14.8 Å². The molecule has 0 saturated carbocycles.